The van der Waals surface area contributed by atoms with E-state index in [1.807, 2.05) is 0 Å². The Balaban J connectivity index is 0. The van der Waals surface area contributed by atoms with E-state index in [1.165, 1.54) is 77.0 Å². The Morgan fingerprint density at radius 3 is 1.83 bits per heavy atom. The Bertz CT molecular complexity index is 413. The van der Waals surface area contributed by atoms with Gasteiger partial charge < -0.3 is 19.0 Å². The topological polar surface area (TPSA) is 78.8 Å². The SMILES string of the molecule is CCCCCCCCCCCCCCCC/C=C/OP(=O)([O-])OCC(O)CCl.[K+]. The summed E-state index contributed by atoms with van der Waals surface area (Å²) in [6.45, 7) is 1.87. The number of phosphoric ester groups is 1. The first-order chi connectivity index (χ1) is 13.5. The van der Waals surface area contributed by atoms with Gasteiger partial charge >= 0.3 is 59.2 Å². The van der Waals surface area contributed by atoms with Crippen LogP contribution in [0.4, 0.5) is 0 Å². The molecule has 0 rings (SSSR count). The Labute approximate surface area is 226 Å². The van der Waals surface area contributed by atoms with E-state index in [0.29, 0.717) is 0 Å². The third-order valence-electron chi connectivity index (χ3n) is 4.61. The zero-order chi connectivity index (χ0) is 20.9. The molecule has 29 heavy (non-hydrogen) atoms. The van der Waals surface area contributed by atoms with Crippen molar-refractivity contribution in [2.24, 2.45) is 0 Å². The average Bonchev–Trinajstić information content (AvgIpc) is 2.68. The molecule has 5 nitrogen and oxygen atoms in total. The van der Waals surface area contributed by atoms with E-state index >= 15 is 0 Å². The molecule has 0 aromatic carbocycles. The van der Waals surface area contributed by atoms with Gasteiger partial charge in [0.25, 0.3) is 0 Å². The number of alkyl halides is 1. The van der Waals surface area contributed by atoms with Crippen molar-refractivity contribution < 1.29 is 75.0 Å². The molecule has 0 saturated heterocycles. The molecule has 2 unspecified atom stereocenters. The molecule has 0 saturated carbocycles. The number of halogens is 1. The van der Waals surface area contributed by atoms with Crippen LogP contribution in [-0.4, -0.2) is 23.7 Å². The number of hydrogen-bond acceptors (Lipinski definition) is 5. The molecule has 0 aliphatic heterocycles. The zero-order valence-electron chi connectivity index (χ0n) is 18.7. The van der Waals surface area contributed by atoms with Crippen molar-refractivity contribution in [2.75, 3.05) is 12.5 Å². The summed E-state index contributed by atoms with van der Waals surface area (Å²) in [6.07, 6.45) is 21.0. The maximum Gasteiger partial charge on any atom is 1.00 e. The van der Waals surface area contributed by atoms with Crippen LogP contribution in [0.3, 0.4) is 0 Å². The molecule has 0 fully saturated rings. The molecule has 0 bridgehead atoms. The molecule has 2 atom stereocenters. The van der Waals surface area contributed by atoms with Crippen molar-refractivity contribution in [3.63, 3.8) is 0 Å². The van der Waals surface area contributed by atoms with Crippen molar-refractivity contribution in [1.29, 1.82) is 0 Å². The van der Waals surface area contributed by atoms with Gasteiger partial charge in [-0.1, -0.05) is 90.4 Å². The van der Waals surface area contributed by atoms with Crippen molar-refractivity contribution in [2.45, 2.75) is 109 Å². The molecule has 0 radical (unpaired) electrons. The van der Waals surface area contributed by atoms with E-state index in [1.54, 1.807) is 6.08 Å². The normalized spacial score (nSPS) is 14.5. The summed E-state index contributed by atoms with van der Waals surface area (Å²) in [6, 6.07) is 0. The standard InChI is InChI=1S/C21H42ClO5P.K/c1-2-3-4-5-6-7-8-9-10-11-12-13-14-15-16-17-18-26-28(24,25)27-20-21(23)19-22;/h17-18,21,23H,2-16,19-20H2,1H3,(H,24,25);/q;+1/p-1/b18-17+;. The average molecular weight is 479 g/mol. The molecule has 8 heteroatoms. The van der Waals surface area contributed by atoms with Gasteiger partial charge in [-0.2, -0.15) is 0 Å². The minimum atomic E-state index is -4.40. The van der Waals surface area contributed by atoms with Crippen LogP contribution in [-0.2, 0) is 13.6 Å². The van der Waals surface area contributed by atoms with Gasteiger partial charge in [0.05, 0.1) is 24.9 Å². The summed E-state index contributed by atoms with van der Waals surface area (Å²) in [5, 5.41) is 9.15. The molecule has 0 aromatic rings. The summed E-state index contributed by atoms with van der Waals surface area (Å²) >= 11 is 5.36. The van der Waals surface area contributed by atoms with E-state index < -0.39 is 20.5 Å². The van der Waals surface area contributed by atoms with Crippen molar-refractivity contribution in [3.8, 4) is 0 Å². The monoisotopic (exact) mass is 478 g/mol. The van der Waals surface area contributed by atoms with Gasteiger partial charge in [0.1, 0.15) is 0 Å². The van der Waals surface area contributed by atoms with Crippen molar-refractivity contribution >= 4 is 19.4 Å². The van der Waals surface area contributed by atoms with Gasteiger partial charge in [-0.3, -0.25) is 4.57 Å². The zero-order valence-corrected chi connectivity index (χ0v) is 23.4. The smallest absolute Gasteiger partial charge is 0.746 e. The molecule has 1 N–H and O–H groups in total. The van der Waals surface area contributed by atoms with Crippen molar-refractivity contribution in [3.05, 3.63) is 12.3 Å². The fraction of sp³-hybridized carbons (Fsp3) is 0.905. The van der Waals surface area contributed by atoms with Crippen LogP contribution in [0, 0.1) is 0 Å². The molecule has 168 valence electrons. The molecule has 0 heterocycles. The number of allylic oxidation sites excluding steroid dienone is 1. The molecule has 0 aliphatic rings. The van der Waals surface area contributed by atoms with Gasteiger partial charge in [-0.05, 0) is 18.9 Å². The molecule has 0 aliphatic carbocycles. The fourth-order valence-corrected chi connectivity index (χ4v) is 3.63. The third-order valence-corrected chi connectivity index (χ3v) is 5.82. The number of aliphatic hydroxyl groups is 1. The van der Waals surface area contributed by atoms with Crippen LogP contribution in [0.1, 0.15) is 103 Å². The summed E-state index contributed by atoms with van der Waals surface area (Å²) in [7, 11) is -4.40. The summed E-state index contributed by atoms with van der Waals surface area (Å²) in [5.74, 6) is -0.0883. The minimum Gasteiger partial charge on any atom is -0.746 e. The Morgan fingerprint density at radius 1 is 0.931 bits per heavy atom. The van der Waals surface area contributed by atoms with E-state index in [9.17, 15) is 9.46 Å². The van der Waals surface area contributed by atoms with Crippen LogP contribution >= 0.6 is 19.4 Å². The van der Waals surface area contributed by atoms with Crippen LogP contribution in [0.25, 0.3) is 0 Å². The minimum absolute atomic E-state index is 0. The van der Waals surface area contributed by atoms with Gasteiger partial charge in [-0.25, -0.2) is 0 Å². The molecule has 0 aromatic heterocycles. The van der Waals surface area contributed by atoms with E-state index in [2.05, 4.69) is 16.0 Å². The number of aliphatic hydroxyl groups excluding tert-OH is 1. The van der Waals surface area contributed by atoms with Gasteiger partial charge in [0.15, 0.2) is 0 Å². The quantitative estimate of drug-likeness (QED) is 0.0898. The number of phosphoric acid groups is 1. The molecule has 0 amide bonds. The number of rotatable bonds is 21. The van der Waals surface area contributed by atoms with E-state index in [4.69, 9.17) is 16.7 Å². The first-order valence-corrected chi connectivity index (χ1v) is 13.0. The van der Waals surface area contributed by atoms with Crippen LogP contribution < -0.4 is 56.3 Å². The van der Waals surface area contributed by atoms with Crippen LogP contribution in [0.5, 0.6) is 0 Å². The van der Waals surface area contributed by atoms with Crippen molar-refractivity contribution in [1.82, 2.24) is 0 Å². The maximum atomic E-state index is 11.4. The van der Waals surface area contributed by atoms with Gasteiger partial charge in [0, 0.05) is 0 Å². The molecular weight excluding hydrogens is 438 g/mol. The second-order valence-corrected chi connectivity index (χ2v) is 9.09. The second-order valence-electron chi connectivity index (χ2n) is 7.41. The van der Waals surface area contributed by atoms with Gasteiger partial charge in [0.2, 0.25) is 0 Å². The summed E-state index contributed by atoms with van der Waals surface area (Å²) < 4.78 is 20.5. The first-order valence-electron chi connectivity index (χ1n) is 11.0. The Morgan fingerprint density at radius 2 is 1.38 bits per heavy atom. The van der Waals surface area contributed by atoms with Gasteiger partial charge in [-0.15, -0.1) is 11.6 Å². The number of hydrogen-bond donors (Lipinski definition) is 1. The first kappa shape index (κ1) is 32.8. The third kappa shape index (κ3) is 25.7. The second kappa shape index (κ2) is 24.2. The predicted molar refractivity (Wildman–Crippen MR) is 115 cm³/mol. The summed E-state index contributed by atoms with van der Waals surface area (Å²) in [4.78, 5) is 11.4. The summed E-state index contributed by atoms with van der Waals surface area (Å²) in [5.41, 5.74) is 0. The number of unbranched alkanes of at least 4 members (excludes halogenated alkanes) is 14. The van der Waals surface area contributed by atoms with Crippen LogP contribution in [0.2, 0.25) is 0 Å². The Kier molecular flexibility index (Phi) is 27.4. The molecule has 0 spiro atoms. The maximum absolute atomic E-state index is 11.4. The fourth-order valence-electron chi connectivity index (χ4n) is 2.89. The van der Waals surface area contributed by atoms with E-state index in [-0.39, 0.29) is 57.3 Å². The largest absolute Gasteiger partial charge is 1.00 e. The Hall–Kier alpha value is 1.58. The molecular formula is C21H41ClKO5P. The van der Waals surface area contributed by atoms with Crippen LogP contribution in [0.15, 0.2) is 12.3 Å². The van der Waals surface area contributed by atoms with E-state index in [0.717, 1.165) is 25.5 Å². The predicted octanol–water partition coefficient (Wildman–Crippen LogP) is 3.48.